The van der Waals surface area contributed by atoms with Crippen molar-refractivity contribution in [2.24, 2.45) is 0 Å². The molecule has 1 unspecified atom stereocenters. The summed E-state index contributed by atoms with van der Waals surface area (Å²) in [7, 11) is 0. The number of benzene rings is 1. The summed E-state index contributed by atoms with van der Waals surface area (Å²) in [5, 5.41) is 3.02. The maximum Gasteiger partial charge on any atom is 0.258 e. The molecular formula is C19H25N3O3. The maximum absolute atomic E-state index is 12.8. The molecule has 0 bridgehead atoms. The first-order valence-corrected chi connectivity index (χ1v) is 9.21. The van der Waals surface area contributed by atoms with Crippen molar-refractivity contribution in [3.8, 4) is 5.75 Å². The van der Waals surface area contributed by atoms with Crippen LogP contribution in [0.2, 0.25) is 0 Å². The second-order valence-corrected chi connectivity index (χ2v) is 7.29. The third-order valence-electron chi connectivity index (χ3n) is 5.71. The minimum absolute atomic E-state index is 0.0564. The monoisotopic (exact) mass is 343 g/mol. The van der Waals surface area contributed by atoms with Crippen LogP contribution in [0, 0.1) is 0 Å². The summed E-state index contributed by atoms with van der Waals surface area (Å²) in [6, 6.07) is 7.26. The molecule has 6 nitrogen and oxygen atoms in total. The van der Waals surface area contributed by atoms with E-state index in [1.165, 1.54) is 12.8 Å². The van der Waals surface area contributed by atoms with Crippen molar-refractivity contribution < 1.29 is 14.3 Å². The smallest absolute Gasteiger partial charge is 0.258 e. The summed E-state index contributed by atoms with van der Waals surface area (Å²) in [4.78, 5) is 29.3. The van der Waals surface area contributed by atoms with E-state index in [4.69, 9.17) is 4.74 Å². The van der Waals surface area contributed by atoms with Gasteiger partial charge in [0.05, 0.1) is 11.6 Å². The highest BCUT2D eigenvalue weighted by atomic mass is 16.5. The fraction of sp³-hybridized carbons (Fsp3) is 0.579. The predicted octanol–water partition coefficient (Wildman–Crippen LogP) is 1.61. The highest BCUT2D eigenvalue weighted by Crippen LogP contribution is 2.33. The van der Waals surface area contributed by atoms with Gasteiger partial charge in [0.15, 0.2) is 5.72 Å². The van der Waals surface area contributed by atoms with E-state index in [9.17, 15) is 9.59 Å². The Morgan fingerprint density at radius 3 is 2.56 bits per heavy atom. The Morgan fingerprint density at radius 2 is 1.84 bits per heavy atom. The summed E-state index contributed by atoms with van der Waals surface area (Å²) < 4.78 is 6.14. The molecule has 25 heavy (non-hydrogen) atoms. The molecule has 1 aromatic rings. The van der Waals surface area contributed by atoms with Gasteiger partial charge in [0.2, 0.25) is 5.91 Å². The van der Waals surface area contributed by atoms with Crippen molar-refractivity contribution in [1.82, 2.24) is 15.1 Å². The molecule has 1 aromatic carbocycles. The van der Waals surface area contributed by atoms with Gasteiger partial charge in [0, 0.05) is 25.9 Å². The fourth-order valence-corrected chi connectivity index (χ4v) is 4.12. The summed E-state index contributed by atoms with van der Waals surface area (Å²) in [6.07, 6.45) is 3.59. The van der Waals surface area contributed by atoms with Crippen molar-refractivity contribution in [2.75, 3.05) is 26.2 Å². The second-order valence-electron chi connectivity index (χ2n) is 7.29. The third-order valence-corrected chi connectivity index (χ3v) is 5.71. The molecule has 2 amide bonds. The van der Waals surface area contributed by atoms with Crippen LogP contribution in [0.4, 0.5) is 0 Å². The average molecular weight is 343 g/mol. The lowest BCUT2D eigenvalue weighted by Gasteiger charge is -2.45. The summed E-state index contributed by atoms with van der Waals surface area (Å²) in [6.45, 7) is 5.26. The number of amides is 2. The van der Waals surface area contributed by atoms with Gasteiger partial charge >= 0.3 is 0 Å². The van der Waals surface area contributed by atoms with Crippen LogP contribution in [-0.4, -0.2) is 59.6 Å². The number of carbonyl (C=O) groups is 2. The zero-order chi connectivity index (χ0) is 17.4. The zero-order valence-electron chi connectivity index (χ0n) is 14.7. The van der Waals surface area contributed by atoms with Crippen LogP contribution in [-0.2, 0) is 4.79 Å². The summed E-state index contributed by atoms with van der Waals surface area (Å²) in [5.74, 6) is 0.739. The van der Waals surface area contributed by atoms with Gasteiger partial charge in [0.25, 0.3) is 5.91 Å². The first-order valence-electron chi connectivity index (χ1n) is 9.21. The highest BCUT2D eigenvalue weighted by Gasteiger charge is 2.43. The number of likely N-dealkylation sites (tertiary alicyclic amines) is 2. The zero-order valence-corrected chi connectivity index (χ0v) is 14.7. The van der Waals surface area contributed by atoms with Gasteiger partial charge in [-0.15, -0.1) is 0 Å². The summed E-state index contributed by atoms with van der Waals surface area (Å²) >= 11 is 0. The Balaban J connectivity index is 1.41. The molecule has 4 rings (SSSR count). The van der Waals surface area contributed by atoms with Gasteiger partial charge in [0.1, 0.15) is 5.75 Å². The van der Waals surface area contributed by atoms with Crippen LogP contribution >= 0.6 is 0 Å². The maximum atomic E-state index is 12.8. The Morgan fingerprint density at radius 1 is 1.16 bits per heavy atom. The average Bonchev–Trinajstić information content (AvgIpc) is 3.16. The largest absolute Gasteiger partial charge is 0.467 e. The first kappa shape index (κ1) is 16.4. The first-order chi connectivity index (χ1) is 12.1. The number of fused-ring (bicyclic) bond motifs is 1. The SMILES string of the molecule is CC(C(=O)N1CCC2(CC1)NC(=O)c1ccccc1O2)N1CCCC1. The molecule has 0 saturated carbocycles. The predicted molar refractivity (Wildman–Crippen MR) is 93.4 cm³/mol. The molecule has 0 radical (unpaired) electrons. The Bertz CT molecular complexity index is 676. The van der Waals surface area contributed by atoms with E-state index in [0.29, 0.717) is 37.2 Å². The Kier molecular flexibility index (Phi) is 4.15. The van der Waals surface area contributed by atoms with Gasteiger partial charge in [-0.05, 0) is 45.0 Å². The third kappa shape index (κ3) is 2.99. The number of hydrogen-bond donors (Lipinski definition) is 1. The van der Waals surface area contributed by atoms with Crippen molar-refractivity contribution >= 4 is 11.8 Å². The minimum Gasteiger partial charge on any atom is -0.467 e. The number of nitrogens with zero attached hydrogens (tertiary/aromatic N) is 2. The van der Waals surface area contributed by atoms with E-state index in [0.717, 1.165) is 13.1 Å². The van der Waals surface area contributed by atoms with Crippen molar-refractivity contribution in [2.45, 2.75) is 44.4 Å². The molecule has 3 aliphatic rings. The number of hydrogen-bond acceptors (Lipinski definition) is 4. The van der Waals surface area contributed by atoms with Gasteiger partial charge in [-0.2, -0.15) is 0 Å². The summed E-state index contributed by atoms with van der Waals surface area (Å²) in [5.41, 5.74) is -0.103. The van der Waals surface area contributed by atoms with Gasteiger partial charge in [-0.25, -0.2) is 0 Å². The normalized spacial score (nSPS) is 23.7. The molecule has 1 N–H and O–H groups in total. The fourth-order valence-electron chi connectivity index (χ4n) is 4.12. The van der Waals surface area contributed by atoms with Gasteiger partial charge in [-0.3, -0.25) is 14.5 Å². The topological polar surface area (TPSA) is 61.9 Å². The van der Waals surface area contributed by atoms with E-state index < -0.39 is 5.72 Å². The van der Waals surface area contributed by atoms with Crippen LogP contribution < -0.4 is 10.1 Å². The van der Waals surface area contributed by atoms with Gasteiger partial charge < -0.3 is 15.0 Å². The van der Waals surface area contributed by atoms with Crippen LogP contribution in [0.5, 0.6) is 5.75 Å². The number of carbonyl (C=O) groups excluding carboxylic acids is 2. The quantitative estimate of drug-likeness (QED) is 0.886. The standard InChI is InChI=1S/C19H25N3O3/c1-14(21-10-4-5-11-21)18(24)22-12-8-19(9-13-22)20-17(23)15-6-2-3-7-16(15)25-19/h2-3,6-7,14H,4-5,8-13H2,1H3,(H,20,23). The lowest BCUT2D eigenvalue weighted by atomic mass is 9.96. The molecule has 1 spiro atoms. The molecular weight excluding hydrogens is 318 g/mol. The van der Waals surface area contributed by atoms with Crippen LogP contribution in [0.25, 0.3) is 0 Å². The molecule has 134 valence electrons. The molecule has 0 aliphatic carbocycles. The number of ether oxygens (including phenoxy) is 1. The second kappa shape index (κ2) is 6.33. The molecule has 1 atom stereocenters. The lowest BCUT2D eigenvalue weighted by Crippen LogP contribution is -2.62. The molecule has 6 heteroatoms. The molecule has 2 fully saturated rings. The molecule has 3 heterocycles. The van der Waals surface area contributed by atoms with E-state index in [-0.39, 0.29) is 17.9 Å². The van der Waals surface area contributed by atoms with E-state index in [1.807, 2.05) is 30.0 Å². The molecule has 0 aromatic heterocycles. The molecule has 3 aliphatic heterocycles. The van der Waals surface area contributed by atoms with Crippen molar-refractivity contribution in [1.29, 1.82) is 0 Å². The van der Waals surface area contributed by atoms with Crippen LogP contribution in [0.1, 0.15) is 43.0 Å². The minimum atomic E-state index is -0.681. The number of piperidine rings is 1. The van der Waals surface area contributed by atoms with E-state index >= 15 is 0 Å². The van der Waals surface area contributed by atoms with E-state index in [1.54, 1.807) is 6.07 Å². The van der Waals surface area contributed by atoms with Crippen molar-refractivity contribution in [3.05, 3.63) is 29.8 Å². The number of nitrogens with one attached hydrogen (secondary N) is 1. The molecule has 2 saturated heterocycles. The number of para-hydroxylation sites is 1. The van der Waals surface area contributed by atoms with Gasteiger partial charge in [-0.1, -0.05) is 12.1 Å². The Labute approximate surface area is 148 Å². The highest BCUT2D eigenvalue weighted by molar-refractivity contribution is 5.98. The van der Waals surface area contributed by atoms with Crippen molar-refractivity contribution in [3.63, 3.8) is 0 Å². The Hall–Kier alpha value is -2.08. The lowest BCUT2D eigenvalue weighted by molar-refractivity contribution is -0.140. The van der Waals surface area contributed by atoms with Crippen LogP contribution in [0.15, 0.2) is 24.3 Å². The number of rotatable bonds is 2. The van der Waals surface area contributed by atoms with E-state index in [2.05, 4.69) is 10.2 Å². The van der Waals surface area contributed by atoms with Crippen LogP contribution in [0.3, 0.4) is 0 Å².